The van der Waals surface area contributed by atoms with Crippen LogP contribution in [0.4, 0.5) is 0 Å². The van der Waals surface area contributed by atoms with Gasteiger partial charge in [-0.3, -0.25) is 4.98 Å². The Morgan fingerprint density at radius 3 is 2.55 bits per heavy atom. The van der Waals surface area contributed by atoms with Crippen LogP contribution >= 0.6 is 28.1 Å². The Kier molecular flexibility index (Phi) is 4.73. The van der Waals surface area contributed by atoms with Crippen LogP contribution < -0.4 is 10.5 Å². The minimum atomic E-state index is 0.294. The molecule has 0 saturated heterocycles. The van der Waals surface area contributed by atoms with Gasteiger partial charge in [-0.25, -0.2) is 0 Å². The molecule has 0 aliphatic carbocycles. The number of nitrogens with two attached hydrogens (primary N) is 1. The normalized spacial score (nSPS) is 10.3. The highest BCUT2D eigenvalue weighted by molar-refractivity contribution is 9.10. The van der Waals surface area contributed by atoms with Crippen LogP contribution in [-0.4, -0.2) is 9.97 Å². The minimum Gasteiger partial charge on any atom is -0.489 e. The van der Waals surface area contributed by atoms with E-state index in [1.807, 2.05) is 38.1 Å². The Hall–Kier alpha value is -1.46. The molecule has 2 rings (SSSR count). The summed E-state index contributed by atoms with van der Waals surface area (Å²) in [6, 6.07) is 7.75. The minimum absolute atomic E-state index is 0.294. The van der Waals surface area contributed by atoms with Crippen molar-refractivity contribution in [1.29, 1.82) is 0 Å². The molecule has 0 fully saturated rings. The first-order chi connectivity index (χ1) is 9.47. The van der Waals surface area contributed by atoms with Crippen LogP contribution in [0.3, 0.4) is 0 Å². The molecule has 1 heterocycles. The Balaban J connectivity index is 2.13. The monoisotopic (exact) mass is 350 g/mol. The number of halogens is 1. The van der Waals surface area contributed by atoms with Crippen molar-refractivity contribution in [1.82, 2.24) is 4.98 Å². The van der Waals surface area contributed by atoms with Crippen molar-refractivity contribution in [2.24, 2.45) is 5.73 Å². The van der Waals surface area contributed by atoms with Crippen LogP contribution in [0.2, 0.25) is 0 Å². The first-order valence-electron chi connectivity index (χ1n) is 6.11. The second kappa shape index (κ2) is 6.33. The Morgan fingerprint density at radius 1 is 1.30 bits per heavy atom. The van der Waals surface area contributed by atoms with Crippen LogP contribution in [0, 0.1) is 13.8 Å². The number of thiocarbonyl (C=S) groups is 1. The third-order valence-corrected chi connectivity index (χ3v) is 4.35. The second-order valence-corrected chi connectivity index (χ2v) is 5.81. The van der Waals surface area contributed by atoms with E-state index in [2.05, 4.69) is 20.9 Å². The van der Waals surface area contributed by atoms with Gasteiger partial charge >= 0.3 is 0 Å². The van der Waals surface area contributed by atoms with Crippen LogP contribution in [0.1, 0.15) is 22.4 Å². The third kappa shape index (κ3) is 3.55. The summed E-state index contributed by atoms with van der Waals surface area (Å²) in [6.07, 6.45) is 1.69. The summed E-state index contributed by atoms with van der Waals surface area (Å²) in [7, 11) is 0. The van der Waals surface area contributed by atoms with E-state index in [9.17, 15) is 0 Å². The van der Waals surface area contributed by atoms with Crippen LogP contribution in [0.5, 0.6) is 5.75 Å². The SMILES string of the molecule is Cc1cc(OCc2ccnc(C(N)=S)c2)cc(C)c1Br. The van der Waals surface area contributed by atoms with Crippen molar-refractivity contribution in [3.05, 3.63) is 57.3 Å². The quantitative estimate of drug-likeness (QED) is 0.854. The first-order valence-corrected chi connectivity index (χ1v) is 7.32. The van der Waals surface area contributed by atoms with Gasteiger partial charge in [-0.15, -0.1) is 0 Å². The van der Waals surface area contributed by atoms with Crippen molar-refractivity contribution in [2.75, 3.05) is 0 Å². The lowest BCUT2D eigenvalue weighted by Gasteiger charge is -2.10. The molecule has 0 aliphatic heterocycles. The van der Waals surface area contributed by atoms with Crippen molar-refractivity contribution in [3.8, 4) is 5.75 Å². The average Bonchev–Trinajstić information content (AvgIpc) is 2.42. The van der Waals surface area contributed by atoms with Gasteiger partial charge in [-0.1, -0.05) is 28.1 Å². The lowest BCUT2D eigenvalue weighted by atomic mass is 10.1. The molecule has 2 N–H and O–H groups in total. The van der Waals surface area contributed by atoms with E-state index in [0.29, 0.717) is 17.3 Å². The molecular formula is C15H15BrN2OS. The number of benzene rings is 1. The van der Waals surface area contributed by atoms with Gasteiger partial charge in [0.2, 0.25) is 0 Å². The molecule has 20 heavy (non-hydrogen) atoms. The number of aryl methyl sites for hydroxylation is 2. The summed E-state index contributed by atoms with van der Waals surface area (Å²) in [5.41, 5.74) is 9.47. The highest BCUT2D eigenvalue weighted by Crippen LogP contribution is 2.26. The maximum atomic E-state index is 5.81. The molecule has 0 bridgehead atoms. The summed E-state index contributed by atoms with van der Waals surface area (Å²) < 4.78 is 6.93. The highest BCUT2D eigenvalue weighted by atomic mass is 79.9. The Bertz CT molecular complexity index is 635. The number of hydrogen-bond acceptors (Lipinski definition) is 3. The van der Waals surface area contributed by atoms with Gasteiger partial charge in [0, 0.05) is 10.7 Å². The van der Waals surface area contributed by atoms with E-state index in [4.69, 9.17) is 22.7 Å². The summed E-state index contributed by atoms with van der Waals surface area (Å²) in [4.78, 5) is 4.40. The molecular weight excluding hydrogens is 336 g/mol. The zero-order chi connectivity index (χ0) is 14.7. The predicted molar refractivity (Wildman–Crippen MR) is 88.1 cm³/mol. The summed E-state index contributed by atoms with van der Waals surface area (Å²) in [5.74, 6) is 0.844. The summed E-state index contributed by atoms with van der Waals surface area (Å²) in [6.45, 7) is 4.54. The standard InChI is InChI=1S/C15H15BrN2OS/c1-9-5-12(6-10(2)14(9)16)19-8-11-3-4-18-13(7-11)15(17)20/h3-7H,8H2,1-2H3,(H2,17,20). The molecule has 3 nitrogen and oxygen atoms in total. The van der Waals surface area contributed by atoms with E-state index in [1.54, 1.807) is 6.20 Å². The number of rotatable bonds is 4. The number of aromatic nitrogens is 1. The van der Waals surface area contributed by atoms with Crippen LogP contribution in [0.25, 0.3) is 0 Å². The van der Waals surface area contributed by atoms with Gasteiger partial charge in [0.25, 0.3) is 0 Å². The predicted octanol–water partition coefficient (Wildman–Crippen LogP) is 3.67. The van der Waals surface area contributed by atoms with E-state index in [1.165, 1.54) is 0 Å². The number of ether oxygens (including phenoxy) is 1. The molecule has 0 atom stereocenters. The van der Waals surface area contributed by atoms with Gasteiger partial charge < -0.3 is 10.5 Å². The highest BCUT2D eigenvalue weighted by Gasteiger charge is 2.05. The summed E-state index contributed by atoms with van der Waals surface area (Å²) in [5, 5.41) is 0. The van der Waals surface area contributed by atoms with Gasteiger partial charge in [-0.05, 0) is 54.8 Å². The summed E-state index contributed by atoms with van der Waals surface area (Å²) >= 11 is 8.46. The van der Waals surface area contributed by atoms with Gasteiger partial charge in [0.15, 0.2) is 0 Å². The van der Waals surface area contributed by atoms with Crippen LogP contribution in [-0.2, 0) is 6.61 Å². The fraction of sp³-hybridized carbons (Fsp3) is 0.200. The first kappa shape index (κ1) is 14.9. The smallest absolute Gasteiger partial charge is 0.122 e. The van der Waals surface area contributed by atoms with Crippen molar-refractivity contribution < 1.29 is 4.74 Å². The van der Waals surface area contributed by atoms with E-state index >= 15 is 0 Å². The van der Waals surface area contributed by atoms with Crippen molar-refractivity contribution >= 4 is 33.1 Å². The van der Waals surface area contributed by atoms with Gasteiger partial charge in [0.1, 0.15) is 17.3 Å². The molecule has 0 spiro atoms. The van der Waals surface area contributed by atoms with E-state index in [0.717, 1.165) is 26.9 Å². The van der Waals surface area contributed by atoms with E-state index < -0.39 is 0 Å². The molecule has 0 amide bonds. The number of pyridine rings is 1. The lowest BCUT2D eigenvalue weighted by molar-refractivity contribution is 0.305. The molecule has 0 saturated carbocycles. The molecule has 0 radical (unpaired) electrons. The molecule has 0 unspecified atom stereocenters. The number of hydrogen-bond donors (Lipinski definition) is 1. The number of nitrogens with zero attached hydrogens (tertiary/aromatic N) is 1. The second-order valence-electron chi connectivity index (χ2n) is 4.57. The van der Waals surface area contributed by atoms with Crippen LogP contribution in [0.15, 0.2) is 34.9 Å². The average molecular weight is 351 g/mol. The van der Waals surface area contributed by atoms with Crippen molar-refractivity contribution in [2.45, 2.75) is 20.5 Å². The topological polar surface area (TPSA) is 48.1 Å². The molecule has 0 aliphatic rings. The Morgan fingerprint density at radius 2 is 1.95 bits per heavy atom. The fourth-order valence-corrected chi connectivity index (χ4v) is 2.20. The van der Waals surface area contributed by atoms with Gasteiger partial charge in [0.05, 0.1) is 5.69 Å². The Labute approximate surface area is 132 Å². The zero-order valence-corrected chi connectivity index (χ0v) is 13.7. The maximum Gasteiger partial charge on any atom is 0.122 e. The van der Waals surface area contributed by atoms with E-state index in [-0.39, 0.29) is 0 Å². The fourth-order valence-electron chi connectivity index (χ4n) is 1.85. The van der Waals surface area contributed by atoms with Gasteiger partial charge in [-0.2, -0.15) is 0 Å². The zero-order valence-electron chi connectivity index (χ0n) is 11.3. The van der Waals surface area contributed by atoms with Crippen molar-refractivity contribution in [3.63, 3.8) is 0 Å². The maximum absolute atomic E-state index is 5.81. The molecule has 104 valence electrons. The molecule has 1 aromatic carbocycles. The molecule has 5 heteroatoms. The molecule has 1 aromatic heterocycles. The molecule has 2 aromatic rings. The third-order valence-electron chi connectivity index (χ3n) is 2.89. The lowest BCUT2D eigenvalue weighted by Crippen LogP contribution is -2.12. The largest absolute Gasteiger partial charge is 0.489 e.